The minimum atomic E-state index is -5.80. The van der Waals surface area contributed by atoms with Crippen molar-refractivity contribution in [1.29, 1.82) is 0 Å². The number of hydrogen-bond donors (Lipinski definition) is 1. The smallest absolute Gasteiger partial charge is 0.426 e. The van der Waals surface area contributed by atoms with Gasteiger partial charge in [0.25, 0.3) is 0 Å². The lowest BCUT2D eigenvalue weighted by Gasteiger charge is -2.20. The highest BCUT2D eigenvalue weighted by molar-refractivity contribution is 5.59. The van der Waals surface area contributed by atoms with Crippen LogP contribution in [0.1, 0.15) is 0 Å². The van der Waals surface area contributed by atoms with E-state index in [0.717, 1.165) is 23.4 Å². The van der Waals surface area contributed by atoms with Crippen LogP contribution in [0.15, 0.2) is 54.9 Å². The first kappa shape index (κ1) is 18.6. The van der Waals surface area contributed by atoms with Gasteiger partial charge in [0.15, 0.2) is 5.82 Å². The molecule has 0 amide bonds. The summed E-state index contributed by atoms with van der Waals surface area (Å²) in [5.74, 6) is -0.189. The molecule has 0 spiro atoms. The van der Waals surface area contributed by atoms with Crippen LogP contribution in [0, 0.1) is 0 Å². The lowest BCUT2D eigenvalue weighted by atomic mass is 10.2. The molecule has 0 atom stereocenters. The summed E-state index contributed by atoms with van der Waals surface area (Å²) in [4.78, 5) is 4.16. The molecule has 1 N–H and O–H groups in total. The molecule has 5 nitrogen and oxygen atoms in total. The largest absolute Gasteiger partial charge is 0.499 e. The summed E-state index contributed by atoms with van der Waals surface area (Å²) in [7, 11) is 1.79. The van der Waals surface area contributed by atoms with E-state index in [4.69, 9.17) is 0 Å². The molecule has 0 aliphatic rings. The fourth-order valence-electron chi connectivity index (χ4n) is 2.18. The highest BCUT2D eigenvalue weighted by Crippen LogP contribution is 2.37. The Morgan fingerprint density at radius 1 is 0.926 bits per heavy atom. The van der Waals surface area contributed by atoms with E-state index in [9.17, 15) is 22.0 Å². The first-order chi connectivity index (χ1) is 12.7. The number of alkyl halides is 5. The van der Waals surface area contributed by atoms with Crippen molar-refractivity contribution in [1.82, 2.24) is 14.8 Å². The van der Waals surface area contributed by atoms with Crippen LogP contribution < -0.4 is 10.1 Å². The average Bonchev–Trinajstić information content (AvgIpc) is 3.11. The Labute approximate surface area is 150 Å². The van der Waals surface area contributed by atoms with Crippen LogP contribution in [0.5, 0.6) is 5.75 Å². The van der Waals surface area contributed by atoms with Gasteiger partial charge < -0.3 is 10.1 Å². The average molecular weight is 384 g/mol. The molecule has 0 fully saturated rings. The normalized spacial score (nSPS) is 12.1. The van der Waals surface area contributed by atoms with E-state index in [0.29, 0.717) is 11.5 Å². The molecule has 10 heteroatoms. The molecule has 3 aromatic rings. The predicted octanol–water partition coefficient (Wildman–Crippen LogP) is 4.51. The summed E-state index contributed by atoms with van der Waals surface area (Å²) in [5, 5.41) is 7.25. The van der Waals surface area contributed by atoms with Gasteiger partial charge in [-0.15, -0.1) is 5.10 Å². The molecule has 0 unspecified atom stereocenters. The molecular weight excluding hydrogens is 371 g/mol. The van der Waals surface area contributed by atoms with E-state index in [1.165, 1.54) is 23.1 Å². The van der Waals surface area contributed by atoms with Crippen molar-refractivity contribution in [2.24, 2.45) is 0 Å². The van der Waals surface area contributed by atoms with Gasteiger partial charge in [0.1, 0.15) is 12.1 Å². The molecule has 0 aliphatic heterocycles. The van der Waals surface area contributed by atoms with Gasteiger partial charge in [-0.05, 0) is 48.5 Å². The highest BCUT2D eigenvalue weighted by Gasteiger charge is 2.61. The molecule has 0 radical (unpaired) electrons. The molecular formula is C17H13F5N4O. The zero-order chi connectivity index (χ0) is 19.7. The highest BCUT2D eigenvalue weighted by atomic mass is 19.4. The van der Waals surface area contributed by atoms with Gasteiger partial charge in [-0.3, -0.25) is 0 Å². The van der Waals surface area contributed by atoms with E-state index in [1.807, 2.05) is 24.3 Å². The van der Waals surface area contributed by atoms with Gasteiger partial charge in [-0.2, -0.15) is 22.0 Å². The standard InChI is InChI=1S/C17H13F5N4O/c1-23-12-4-2-11(3-5-12)15-24-10-26(25-15)13-6-8-14(9-7-13)27-17(21,22)16(18,19)20/h2-10,23H,1H3. The molecule has 142 valence electrons. The Morgan fingerprint density at radius 3 is 2.11 bits per heavy atom. The number of hydrogen-bond acceptors (Lipinski definition) is 4. The van der Waals surface area contributed by atoms with Crippen LogP contribution in [0.3, 0.4) is 0 Å². The Bertz CT molecular complexity index is 904. The summed E-state index contributed by atoms with van der Waals surface area (Å²) in [5.41, 5.74) is 2.10. The maximum absolute atomic E-state index is 12.9. The summed E-state index contributed by atoms with van der Waals surface area (Å²) in [6.07, 6.45) is -9.66. The van der Waals surface area contributed by atoms with Crippen molar-refractivity contribution in [3.8, 4) is 22.8 Å². The SMILES string of the molecule is CNc1ccc(-c2ncn(-c3ccc(OC(F)(F)C(F)(F)F)cc3)n2)cc1. The third-order valence-corrected chi connectivity index (χ3v) is 3.60. The number of ether oxygens (including phenoxy) is 1. The Morgan fingerprint density at radius 2 is 1.56 bits per heavy atom. The number of rotatable bonds is 5. The van der Waals surface area contributed by atoms with Crippen LogP contribution in [0.25, 0.3) is 17.1 Å². The maximum atomic E-state index is 12.9. The molecule has 0 bridgehead atoms. The van der Waals surface area contributed by atoms with E-state index in [1.54, 1.807) is 7.05 Å². The molecule has 1 heterocycles. The van der Waals surface area contributed by atoms with Gasteiger partial charge in [0.05, 0.1) is 5.69 Å². The fourth-order valence-corrected chi connectivity index (χ4v) is 2.18. The van der Waals surface area contributed by atoms with Crippen molar-refractivity contribution < 1.29 is 26.7 Å². The molecule has 0 aliphatic carbocycles. The van der Waals surface area contributed by atoms with E-state index < -0.39 is 18.0 Å². The zero-order valence-corrected chi connectivity index (χ0v) is 13.8. The predicted molar refractivity (Wildman–Crippen MR) is 88.0 cm³/mol. The van der Waals surface area contributed by atoms with Crippen molar-refractivity contribution >= 4 is 5.69 Å². The number of halogens is 5. The quantitative estimate of drug-likeness (QED) is 0.658. The Hall–Kier alpha value is -3.17. The molecule has 27 heavy (non-hydrogen) atoms. The second-order valence-corrected chi connectivity index (χ2v) is 5.45. The van der Waals surface area contributed by atoms with E-state index in [2.05, 4.69) is 20.1 Å². The second-order valence-electron chi connectivity index (χ2n) is 5.45. The summed E-state index contributed by atoms with van der Waals surface area (Å²) in [6.45, 7) is 0. The molecule has 3 rings (SSSR count). The topological polar surface area (TPSA) is 52.0 Å². The molecule has 0 saturated carbocycles. The first-order valence-electron chi connectivity index (χ1n) is 7.63. The Kier molecular flexibility index (Phi) is 4.73. The lowest BCUT2D eigenvalue weighted by Crippen LogP contribution is -2.41. The molecule has 0 saturated heterocycles. The van der Waals surface area contributed by atoms with E-state index >= 15 is 0 Å². The number of nitrogens with zero attached hydrogens (tertiary/aromatic N) is 3. The lowest BCUT2D eigenvalue weighted by molar-refractivity contribution is -0.360. The number of aromatic nitrogens is 3. The third kappa shape index (κ3) is 3.99. The number of nitrogens with one attached hydrogen (secondary N) is 1. The van der Waals surface area contributed by atoms with Crippen molar-refractivity contribution in [2.45, 2.75) is 12.3 Å². The number of benzene rings is 2. The van der Waals surface area contributed by atoms with Gasteiger partial charge in [-0.25, -0.2) is 9.67 Å². The monoisotopic (exact) mass is 384 g/mol. The van der Waals surface area contributed by atoms with Gasteiger partial charge >= 0.3 is 12.3 Å². The maximum Gasteiger partial charge on any atom is 0.499 e. The molecule has 1 aromatic heterocycles. The summed E-state index contributed by atoms with van der Waals surface area (Å²) in [6, 6.07) is 11.9. The fraction of sp³-hybridized carbons (Fsp3) is 0.176. The minimum absolute atomic E-state index is 0.420. The van der Waals surface area contributed by atoms with Crippen LogP contribution in [0.2, 0.25) is 0 Å². The van der Waals surface area contributed by atoms with Crippen molar-refractivity contribution in [2.75, 3.05) is 12.4 Å². The van der Waals surface area contributed by atoms with Crippen molar-refractivity contribution in [3.63, 3.8) is 0 Å². The zero-order valence-electron chi connectivity index (χ0n) is 13.8. The van der Waals surface area contributed by atoms with Gasteiger partial charge in [-0.1, -0.05) is 0 Å². The van der Waals surface area contributed by atoms with Crippen LogP contribution >= 0.6 is 0 Å². The van der Waals surface area contributed by atoms with Gasteiger partial charge in [0, 0.05) is 18.3 Å². The van der Waals surface area contributed by atoms with Gasteiger partial charge in [0.2, 0.25) is 0 Å². The summed E-state index contributed by atoms with van der Waals surface area (Å²) < 4.78 is 67.4. The molecule has 2 aromatic carbocycles. The minimum Gasteiger partial charge on any atom is -0.426 e. The second kappa shape index (κ2) is 6.86. The first-order valence-corrected chi connectivity index (χ1v) is 7.63. The van der Waals surface area contributed by atoms with Crippen LogP contribution in [-0.2, 0) is 0 Å². The van der Waals surface area contributed by atoms with E-state index in [-0.39, 0.29) is 0 Å². The van der Waals surface area contributed by atoms with Crippen molar-refractivity contribution in [3.05, 3.63) is 54.9 Å². The summed E-state index contributed by atoms with van der Waals surface area (Å²) >= 11 is 0. The van der Waals surface area contributed by atoms with Crippen LogP contribution in [-0.4, -0.2) is 34.1 Å². The third-order valence-electron chi connectivity index (χ3n) is 3.60. The Balaban J connectivity index is 1.77. The van der Waals surface area contributed by atoms with Crippen LogP contribution in [0.4, 0.5) is 27.6 Å². The number of anilines is 1.